The fourth-order valence-electron chi connectivity index (χ4n) is 1.47. The number of hydrogen-bond donors (Lipinski definition) is 0. The average Bonchev–Trinajstić information content (AvgIpc) is 2.55. The highest BCUT2D eigenvalue weighted by atomic mass is 35.5. The molecule has 1 heterocycles. The third-order valence-electron chi connectivity index (χ3n) is 2.35. The molecule has 0 unspecified atom stereocenters. The van der Waals surface area contributed by atoms with Gasteiger partial charge in [0.05, 0.1) is 16.6 Å². The molecule has 0 aliphatic rings. The number of aromatic nitrogens is 2. The van der Waals surface area contributed by atoms with Crippen LogP contribution in [0.2, 0.25) is 10.0 Å². The Hall–Kier alpha value is -0.700. The van der Waals surface area contributed by atoms with Crippen molar-refractivity contribution in [3.8, 4) is 11.3 Å². The molecule has 16 heavy (non-hydrogen) atoms. The van der Waals surface area contributed by atoms with Crippen molar-refractivity contribution in [2.75, 3.05) is 0 Å². The highest BCUT2D eigenvalue weighted by Crippen LogP contribution is 2.31. The quantitative estimate of drug-likeness (QED) is 0.754. The lowest BCUT2D eigenvalue weighted by molar-refractivity contribution is 0.738. The van der Waals surface area contributed by atoms with Crippen molar-refractivity contribution in [3.05, 3.63) is 40.0 Å². The Balaban J connectivity index is 2.52. The molecule has 0 bridgehead atoms. The van der Waals surface area contributed by atoms with E-state index in [-0.39, 0.29) is 0 Å². The van der Waals surface area contributed by atoms with Crippen molar-refractivity contribution in [2.24, 2.45) is 7.05 Å². The van der Waals surface area contributed by atoms with Crippen LogP contribution in [0.25, 0.3) is 11.3 Å². The van der Waals surface area contributed by atoms with Gasteiger partial charge in [-0.1, -0.05) is 35.3 Å². The second-order valence-electron chi connectivity index (χ2n) is 3.37. The Kier molecular flexibility index (Phi) is 3.43. The fourth-order valence-corrected chi connectivity index (χ4v) is 2.31. The molecule has 0 fully saturated rings. The lowest BCUT2D eigenvalue weighted by Gasteiger charge is -1.97. The summed E-state index contributed by atoms with van der Waals surface area (Å²) >= 11 is 17.8. The third-order valence-corrected chi connectivity index (χ3v) is 3.25. The van der Waals surface area contributed by atoms with Gasteiger partial charge in [0.15, 0.2) is 0 Å². The minimum Gasteiger partial charge on any atom is -0.269 e. The Bertz CT molecular complexity index is 503. The van der Waals surface area contributed by atoms with Crippen LogP contribution < -0.4 is 0 Å². The molecule has 0 atom stereocenters. The Morgan fingerprint density at radius 2 is 1.81 bits per heavy atom. The van der Waals surface area contributed by atoms with Crippen molar-refractivity contribution in [2.45, 2.75) is 5.88 Å². The van der Waals surface area contributed by atoms with Gasteiger partial charge >= 0.3 is 0 Å². The number of hydrogen-bond acceptors (Lipinski definition) is 1. The molecule has 0 aliphatic carbocycles. The van der Waals surface area contributed by atoms with E-state index in [0.29, 0.717) is 15.9 Å². The van der Waals surface area contributed by atoms with E-state index in [1.807, 2.05) is 31.3 Å². The minimum absolute atomic E-state index is 0.343. The van der Waals surface area contributed by atoms with Crippen LogP contribution in [-0.4, -0.2) is 9.78 Å². The summed E-state index contributed by atoms with van der Waals surface area (Å²) in [6, 6.07) is 7.38. The summed E-state index contributed by atoms with van der Waals surface area (Å²) in [6.45, 7) is 0. The molecule has 2 nitrogen and oxygen atoms in total. The molecule has 5 heteroatoms. The van der Waals surface area contributed by atoms with Gasteiger partial charge in [-0.15, -0.1) is 11.6 Å². The van der Waals surface area contributed by atoms with Crippen LogP contribution in [0.4, 0.5) is 0 Å². The van der Waals surface area contributed by atoms with Gasteiger partial charge in [-0.3, -0.25) is 4.68 Å². The van der Waals surface area contributed by atoms with E-state index in [1.165, 1.54) is 0 Å². The first-order valence-electron chi connectivity index (χ1n) is 4.66. The van der Waals surface area contributed by atoms with Gasteiger partial charge in [-0.2, -0.15) is 5.10 Å². The summed E-state index contributed by atoms with van der Waals surface area (Å²) in [4.78, 5) is 0. The highest BCUT2D eigenvalue weighted by molar-refractivity contribution is 6.34. The number of halogens is 3. The molecule has 0 amide bonds. The summed E-state index contributed by atoms with van der Waals surface area (Å²) < 4.78 is 1.69. The van der Waals surface area contributed by atoms with Gasteiger partial charge in [0.25, 0.3) is 0 Å². The number of aryl methyl sites for hydroxylation is 1. The molecule has 0 saturated carbocycles. The molecule has 84 valence electrons. The first-order valence-corrected chi connectivity index (χ1v) is 5.96. The number of nitrogens with zero attached hydrogens (tertiary/aromatic N) is 2. The van der Waals surface area contributed by atoms with Crippen LogP contribution in [0.1, 0.15) is 5.69 Å². The van der Waals surface area contributed by atoms with Crippen molar-refractivity contribution in [3.63, 3.8) is 0 Å². The maximum Gasteiger partial charge on any atom is 0.111 e. The maximum absolute atomic E-state index is 6.20. The van der Waals surface area contributed by atoms with Crippen molar-refractivity contribution < 1.29 is 0 Å². The van der Waals surface area contributed by atoms with Crippen molar-refractivity contribution in [1.29, 1.82) is 0 Å². The van der Waals surface area contributed by atoms with Gasteiger partial charge in [-0.25, -0.2) is 0 Å². The molecule has 1 aromatic heterocycles. The smallest absolute Gasteiger partial charge is 0.111 e. The van der Waals surface area contributed by atoms with E-state index in [4.69, 9.17) is 34.8 Å². The third kappa shape index (κ3) is 2.05. The predicted molar refractivity (Wildman–Crippen MR) is 68.2 cm³/mol. The molecule has 0 aliphatic heterocycles. The lowest BCUT2D eigenvalue weighted by Crippen LogP contribution is -1.95. The van der Waals surface area contributed by atoms with Crippen LogP contribution in [-0.2, 0) is 12.9 Å². The number of alkyl halides is 1. The Labute approximate surface area is 109 Å². The van der Waals surface area contributed by atoms with E-state index in [0.717, 1.165) is 17.0 Å². The van der Waals surface area contributed by atoms with E-state index < -0.39 is 0 Å². The number of benzene rings is 1. The van der Waals surface area contributed by atoms with E-state index in [2.05, 4.69) is 5.10 Å². The van der Waals surface area contributed by atoms with E-state index in [1.54, 1.807) is 4.68 Å². The van der Waals surface area contributed by atoms with Crippen LogP contribution in [0.15, 0.2) is 24.3 Å². The van der Waals surface area contributed by atoms with Crippen LogP contribution in [0, 0.1) is 0 Å². The molecule has 2 rings (SSSR count). The zero-order valence-corrected chi connectivity index (χ0v) is 10.8. The lowest BCUT2D eigenvalue weighted by atomic mass is 10.1. The van der Waals surface area contributed by atoms with Gasteiger partial charge in [0.2, 0.25) is 0 Å². The second-order valence-corrected chi connectivity index (χ2v) is 4.46. The largest absolute Gasteiger partial charge is 0.269 e. The normalized spacial score (nSPS) is 10.8. The molecule has 0 N–H and O–H groups in total. The Morgan fingerprint density at radius 1 is 1.19 bits per heavy atom. The Morgan fingerprint density at radius 3 is 2.31 bits per heavy atom. The molecule has 2 aromatic rings. The zero-order chi connectivity index (χ0) is 11.7. The highest BCUT2D eigenvalue weighted by Gasteiger charge is 2.14. The molecule has 0 saturated heterocycles. The van der Waals surface area contributed by atoms with E-state index >= 15 is 0 Å². The van der Waals surface area contributed by atoms with Crippen LogP contribution in [0.3, 0.4) is 0 Å². The second kappa shape index (κ2) is 4.66. The van der Waals surface area contributed by atoms with Gasteiger partial charge in [0.1, 0.15) is 5.69 Å². The van der Waals surface area contributed by atoms with Gasteiger partial charge < -0.3 is 0 Å². The van der Waals surface area contributed by atoms with Crippen molar-refractivity contribution in [1.82, 2.24) is 9.78 Å². The molecule has 1 aromatic carbocycles. The van der Waals surface area contributed by atoms with Crippen LogP contribution in [0.5, 0.6) is 0 Å². The summed E-state index contributed by atoms with van der Waals surface area (Å²) in [6.07, 6.45) is 0. The average molecular weight is 276 g/mol. The van der Waals surface area contributed by atoms with Gasteiger partial charge in [0, 0.05) is 17.6 Å². The topological polar surface area (TPSA) is 17.8 Å². The SMILES string of the molecule is Cn1nc(-c2ccc(Cl)cc2)c(Cl)c1CCl. The summed E-state index contributed by atoms with van der Waals surface area (Å²) in [7, 11) is 1.82. The van der Waals surface area contributed by atoms with Crippen molar-refractivity contribution >= 4 is 34.8 Å². The molecular weight excluding hydrogens is 266 g/mol. The summed E-state index contributed by atoms with van der Waals surface area (Å²) in [5.41, 5.74) is 2.48. The summed E-state index contributed by atoms with van der Waals surface area (Å²) in [5, 5.41) is 5.62. The molecule has 0 spiro atoms. The first kappa shape index (κ1) is 11.8. The number of rotatable bonds is 2. The molecular formula is C11H9Cl3N2. The zero-order valence-electron chi connectivity index (χ0n) is 8.54. The fraction of sp³-hybridized carbons (Fsp3) is 0.182. The van der Waals surface area contributed by atoms with Crippen LogP contribution >= 0.6 is 34.8 Å². The first-order chi connectivity index (χ1) is 7.63. The standard InChI is InChI=1S/C11H9Cl3N2/c1-16-9(6-12)10(14)11(15-16)7-2-4-8(13)5-3-7/h2-5H,6H2,1H3. The van der Waals surface area contributed by atoms with E-state index in [9.17, 15) is 0 Å². The summed E-state index contributed by atoms with van der Waals surface area (Å²) in [5.74, 6) is 0.343. The maximum atomic E-state index is 6.20. The minimum atomic E-state index is 0.343. The monoisotopic (exact) mass is 274 g/mol. The van der Waals surface area contributed by atoms with Gasteiger partial charge in [-0.05, 0) is 12.1 Å². The predicted octanol–water partition coefficient (Wildman–Crippen LogP) is 4.13. The molecule has 0 radical (unpaired) electrons.